The van der Waals surface area contributed by atoms with Crippen molar-refractivity contribution in [2.75, 3.05) is 36.0 Å². The molecule has 1 aliphatic heterocycles. The molecule has 1 N–H and O–H groups in total. The number of carbonyl (C=O) groups excluding carboxylic acids is 1. The van der Waals surface area contributed by atoms with Crippen molar-refractivity contribution in [3.8, 4) is 0 Å². The van der Waals surface area contributed by atoms with Gasteiger partial charge in [0.05, 0.1) is 29.7 Å². The van der Waals surface area contributed by atoms with E-state index >= 15 is 0 Å². The van der Waals surface area contributed by atoms with Crippen LogP contribution in [0.25, 0.3) is 0 Å². The maximum atomic E-state index is 11.9. The first-order valence-electron chi connectivity index (χ1n) is 8.22. The second-order valence-corrected chi connectivity index (χ2v) is 7.04. The van der Waals surface area contributed by atoms with Crippen LogP contribution in [0.3, 0.4) is 0 Å². The van der Waals surface area contributed by atoms with E-state index in [1.165, 1.54) is 0 Å². The number of aliphatic hydroxyl groups excluding tert-OH is 1. The van der Waals surface area contributed by atoms with Crippen LogP contribution in [0.4, 0.5) is 11.4 Å². The minimum Gasteiger partial charge on any atom is -0.389 e. The Kier molecular flexibility index (Phi) is 5.65. The second kappa shape index (κ2) is 7.32. The lowest BCUT2D eigenvalue weighted by atomic mass is 10.2. The zero-order chi connectivity index (χ0) is 17.0. The van der Waals surface area contributed by atoms with Crippen molar-refractivity contribution in [1.29, 1.82) is 0 Å². The Hall–Kier alpha value is -1.59. The van der Waals surface area contributed by atoms with Gasteiger partial charge in [-0.25, -0.2) is 0 Å². The number of fused-ring (bicyclic) bond motifs is 1. The number of anilines is 2. The molecule has 0 saturated heterocycles. The summed E-state index contributed by atoms with van der Waals surface area (Å²) >= 11 is 0. The Morgan fingerprint density at radius 1 is 1.26 bits per heavy atom. The fraction of sp³-hybridized carbons (Fsp3) is 0.611. The minimum atomic E-state index is -0.564. The number of hydrogen-bond donors (Lipinski definition) is 1. The molecule has 0 radical (unpaired) electrons. The van der Waals surface area contributed by atoms with Crippen LogP contribution >= 0.6 is 0 Å². The van der Waals surface area contributed by atoms with Crippen LogP contribution in [0.5, 0.6) is 0 Å². The molecular formula is C18H28N2O3. The molecule has 1 aromatic carbocycles. The van der Waals surface area contributed by atoms with Crippen LogP contribution in [0.2, 0.25) is 0 Å². The molecule has 0 aliphatic carbocycles. The van der Waals surface area contributed by atoms with E-state index in [-0.39, 0.29) is 11.5 Å². The van der Waals surface area contributed by atoms with Gasteiger partial charge in [-0.3, -0.25) is 4.79 Å². The summed E-state index contributed by atoms with van der Waals surface area (Å²) in [5.74, 6) is 0.0518. The third-order valence-corrected chi connectivity index (χ3v) is 3.84. The molecule has 128 valence electrons. The van der Waals surface area contributed by atoms with Gasteiger partial charge in [0.25, 0.3) is 0 Å². The van der Waals surface area contributed by atoms with Gasteiger partial charge in [-0.2, -0.15) is 0 Å². The van der Waals surface area contributed by atoms with E-state index in [4.69, 9.17) is 4.74 Å². The lowest BCUT2D eigenvalue weighted by Crippen LogP contribution is -2.37. The Morgan fingerprint density at radius 3 is 2.52 bits per heavy atom. The summed E-state index contributed by atoms with van der Waals surface area (Å²) in [6.45, 7) is 9.85. The molecule has 1 unspecified atom stereocenters. The topological polar surface area (TPSA) is 53.0 Å². The molecular weight excluding hydrogens is 292 g/mol. The number of nitrogens with zero attached hydrogens (tertiary/aromatic N) is 2. The number of carbonyl (C=O) groups is 1. The van der Waals surface area contributed by atoms with Crippen molar-refractivity contribution >= 4 is 17.3 Å². The average Bonchev–Trinajstić information content (AvgIpc) is 2.65. The Balaban J connectivity index is 2.12. The van der Waals surface area contributed by atoms with Gasteiger partial charge in [-0.05, 0) is 39.3 Å². The number of para-hydroxylation sites is 2. The third kappa shape index (κ3) is 4.94. The SMILES string of the molecule is CC(=O)N1CCCN(CC(O)COC(C)(C)C)c2ccccc21. The summed E-state index contributed by atoms with van der Waals surface area (Å²) in [7, 11) is 0. The number of β-amino-alcohol motifs (C(OH)–C–C–N with tert-alkyl or cyclic N) is 1. The van der Waals surface area contributed by atoms with Crippen molar-refractivity contribution in [2.24, 2.45) is 0 Å². The predicted octanol–water partition coefficient (Wildman–Crippen LogP) is 2.43. The average molecular weight is 320 g/mol. The molecule has 2 rings (SSSR count). The highest BCUT2D eigenvalue weighted by atomic mass is 16.5. The molecule has 5 heteroatoms. The maximum Gasteiger partial charge on any atom is 0.223 e. The van der Waals surface area contributed by atoms with Gasteiger partial charge in [0, 0.05) is 26.6 Å². The Bertz CT molecular complexity index is 539. The fourth-order valence-electron chi connectivity index (χ4n) is 2.79. The highest BCUT2D eigenvalue weighted by Crippen LogP contribution is 2.32. The number of rotatable bonds is 4. The molecule has 0 bridgehead atoms. The number of benzene rings is 1. The van der Waals surface area contributed by atoms with E-state index in [0.29, 0.717) is 19.7 Å². The number of hydrogen-bond acceptors (Lipinski definition) is 4. The highest BCUT2D eigenvalue weighted by molar-refractivity contribution is 5.95. The van der Waals surface area contributed by atoms with Crippen molar-refractivity contribution in [3.63, 3.8) is 0 Å². The van der Waals surface area contributed by atoms with Gasteiger partial charge >= 0.3 is 0 Å². The highest BCUT2D eigenvalue weighted by Gasteiger charge is 2.24. The first-order chi connectivity index (χ1) is 10.8. The van der Waals surface area contributed by atoms with E-state index in [1.807, 2.05) is 49.9 Å². The van der Waals surface area contributed by atoms with Gasteiger partial charge in [-0.15, -0.1) is 0 Å². The molecule has 5 nitrogen and oxygen atoms in total. The van der Waals surface area contributed by atoms with Gasteiger partial charge in [0.2, 0.25) is 5.91 Å². The molecule has 1 amide bonds. The predicted molar refractivity (Wildman–Crippen MR) is 93.0 cm³/mol. The number of ether oxygens (including phenoxy) is 1. The molecule has 1 atom stereocenters. The van der Waals surface area contributed by atoms with Crippen LogP contribution < -0.4 is 9.80 Å². The Labute approximate surface area is 138 Å². The lowest BCUT2D eigenvalue weighted by Gasteiger charge is -2.29. The minimum absolute atomic E-state index is 0.0518. The molecule has 0 spiro atoms. The summed E-state index contributed by atoms with van der Waals surface area (Å²) in [5, 5.41) is 10.3. The van der Waals surface area contributed by atoms with Crippen molar-refractivity contribution in [2.45, 2.75) is 45.8 Å². The molecule has 0 aromatic heterocycles. The zero-order valence-electron chi connectivity index (χ0n) is 14.6. The first kappa shape index (κ1) is 17.8. The van der Waals surface area contributed by atoms with Gasteiger partial charge in [0.15, 0.2) is 0 Å². The van der Waals surface area contributed by atoms with Crippen molar-refractivity contribution < 1.29 is 14.6 Å². The first-order valence-corrected chi connectivity index (χ1v) is 8.22. The third-order valence-electron chi connectivity index (χ3n) is 3.84. The lowest BCUT2D eigenvalue weighted by molar-refractivity contribution is -0.116. The monoisotopic (exact) mass is 320 g/mol. The second-order valence-electron chi connectivity index (χ2n) is 7.04. The van der Waals surface area contributed by atoms with E-state index in [2.05, 4.69) is 4.90 Å². The molecule has 0 saturated carbocycles. The normalized spacial score (nSPS) is 16.7. The van der Waals surface area contributed by atoms with Crippen molar-refractivity contribution in [3.05, 3.63) is 24.3 Å². The van der Waals surface area contributed by atoms with E-state index in [0.717, 1.165) is 24.3 Å². The molecule has 23 heavy (non-hydrogen) atoms. The number of amides is 1. The molecule has 1 heterocycles. The van der Waals surface area contributed by atoms with Crippen LogP contribution in [-0.2, 0) is 9.53 Å². The maximum absolute atomic E-state index is 11.9. The fourth-order valence-corrected chi connectivity index (χ4v) is 2.79. The zero-order valence-corrected chi connectivity index (χ0v) is 14.6. The van der Waals surface area contributed by atoms with Crippen molar-refractivity contribution in [1.82, 2.24) is 0 Å². The summed E-state index contributed by atoms with van der Waals surface area (Å²) in [6.07, 6.45) is 0.312. The van der Waals surface area contributed by atoms with Gasteiger partial charge in [-0.1, -0.05) is 12.1 Å². The largest absolute Gasteiger partial charge is 0.389 e. The summed E-state index contributed by atoms with van der Waals surface area (Å²) in [6, 6.07) is 7.88. The van der Waals surface area contributed by atoms with Crippen LogP contribution in [0.1, 0.15) is 34.1 Å². The smallest absolute Gasteiger partial charge is 0.223 e. The summed E-state index contributed by atoms with van der Waals surface area (Å²) < 4.78 is 5.67. The van der Waals surface area contributed by atoms with Gasteiger partial charge in [0.1, 0.15) is 0 Å². The van der Waals surface area contributed by atoms with Crippen LogP contribution in [0.15, 0.2) is 24.3 Å². The summed E-state index contributed by atoms with van der Waals surface area (Å²) in [5.41, 5.74) is 1.65. The van der Waals surface area contributed by atoms with E-state index < -0.39 is 6.10 Å². The number of aliphatic hydroxyl groups is 1. The summed E-state index contributed by atoms with van der Waals surface area (Å²) in [4.78, 5) is 15.9. The quantitative estimate of drug-likeness (QED) is 0.926. The van der Waals surface area contributed by atoms with Crippen LogP contribution in [0, 0.1) is 0 Å². The Morgan fingerprint density at radius 2 is 1.91 bits per heavy atom. The van der Waals surface area contributed by atoms with E-state index in [9.17, 15) is 9.90 Å². The molecule has 1 aromatic rings. The standard InChI is InChI=1S/C18H28N2O3/c1-14(21)20-11-7-10-19(16-8-5-6-9-17(16)20)12-15(22)13-23-18(2,3)4/h5-6,8-9,15,22H,7,10-13H2,1-4H3. The molecule has 0 fully saturated rings. The van der Waals surface area contributed by atoms with Crippen LogP contribution in [-0.4, -0.2) is 49.0 Å². The van der Waals surface area contributed by atoms with E-state index in [1.54, 1.807) is 6.92 Å². The van der Waals surface area contributed by atoms with Gasteiger partial charge < -0.3 is 19.6 Å². The molecule has 1 aliphatic rings.